The summed E-state index contributed by atoms with van der Waals surface area (Å²) in [6.45, 7) is 1.21. The Morgan fingerprint density at radius 2 is 2.08 bits per heavy atom. The van der Waals surface area contributed by atoms with E-state index in [0.29, 0.717) is 29.5 Å². The minimum Gasteiger partial charge on any atom is -0.497 e. The van der Waals surface area contributed by atoms with Crippen molar-refractivity contribution in [2.75, 3.05) is 20.3 Å². The molecule has 0 aliphatic carbocycles. The van der Waals surface area contributed by atoms with E-state index in [4.69, 9.17) is 21.1 Å². The number of benzene rings is 2. The van der Waals surface area contributed by atoms with Gasteiger partial charge < -0.3 is 14.8 Å². The normalized spacial score (nSPS) is 12.4. The van der Waals surface area contributed by atoms with Crippen molar-refractivity contribution in [3.8, 4) is 11.5 Å². The molecule has 1 aliphatic heterocycles. The van der Waals surface area contributed by atoms with Crippen LogP contribution in [0.15, 0.2) is 36.4 Å². The third-order valence-electron chi connectivity index (χ3n) is 4.08. The average Bonchev–Trinajstić information content (AvgIpc) is 3.06. The standard InChI is InChI=1S/C19H20ClNO3/c1-23-16-6-4-13(5-7-16)3-2-9-21-19(22)17-12-15(20)11-14-8-10-24-18(14)17/h4-7,11-12H,2-3,8-10H2,1H3,(H,21,22). The first-order chi connectivity index (χ1) is 11.7. The van der Waals surface area contributed by atoms with Gasteiger partial charge in [-0.15, -0.1) is 0 Å². The van der Waals surface area contributed by atoms with Crippen molar-refractivity contribution in [1.29, 1.82) is 0 Å². The molecule has 0 bridgehead atoms. The molecule has 0 unspecified atom stereocenters. The van der Waals surface area contributed by atoms with Gasteiger partial charge in [0.15, 0.2) is 0 Å². The second kappa shape index (κ2) is 7.58. The van der Waals surface area contributed by atoms with Gasteiger partial charge in [-0.2, -0.15) is 0 Å². The van der Waals surface area contributed by atoms with Crippen LogP contribution in [0.2, 0.25) is 5.02 Å². The summed E-state index contributed by atoms with van der Waals surface area (Å²) in [6.07, 6.45) is 2.56. The number of amides is 1. The van der Waals surface area contributed by atoms with Crippen molar-refractivity contribution in [3.63, 3.8) is 0 Å². The maximum Gasteiger partial charge on any atom is 0.255 e. The highest BCUT2D eigenvalue weighted by atomic mass is 35.5. The highest BCUT2D eigenvalue weighted by Crippen LogP contribution is 2.32. The molecule has 1 heterocycles. The fourth-order valence-corrected chi connectivity index (χ4v) is 3.06. The molecule has 4 nitrogen and oxygen atoms in total. The van der Waals surface area contributed by atoms with Crippen LogP contribution in [-0.2, 0) is 12.8 Å². The summed E-state index contributed by atoms with van der Waals surface area (Å²) in [5.74, 6) is 1.39. The first-order valence-electron chi connectivity index (χ1n) is 8.04. The number of methoxy groups -OCH3 is 1. The lowest BCUT2D eigenvalue weighted by molar-refractivity contribution is 0.0950. The molecule has 126 valence electrons. The summed E-state index contributed by atoms with van der Waals surface area (Å²) < 4.78 is 10.7. The fourth-order valence-electron chi connectivity index (χ4n) is 2.82. The van der Waals surface area contributed by atoms with Gasteiger partial charge >= 0.3 is 0 Å². The van der Waals surface area contributed by atoms with E-state index in [1.54, 1.807) is 13.2 Å². The van der Waals surface area contributed by atoms with Crippen LogP contribution in [0, 0.1) is 0 Å². The monoisotopic (exact) mass is 345 g/mol. The zero-order valence-corrected chi connectivity index (χ0v) is 14.4. The van der Waals surface area contributed by atoms with E-state index in [9.17, 15) is 4.79 Å². The van der Waals surface area contributed by atoms with E-state index in [0.717, 1.165) is 30.6 Å². The van der Waals surface area contributed by atoms with Gasteiger partial charge in [0.25, 0.3) is 5.91 Å². The van der Waals surface area contributed by atoms with E-state index >= 15 is 0 Å². The fraction of sp³-hybridized carbons (Fsp3) is 0.316. The predicted molar refractivity (Wildman–Crippen MR) is 94.3 cm³/mol. The lowest BCUT2D eigenvalue weighted by atomic mass is 10.1. The quantitative estimate of drug-likeness (QED) is 0.813. The summed E-state index contributed by atoms with van der Waals surface area (Å²) in [5.41, 5.74) is 2.75. The van der Waals surface area contributed by atoms with Crippen LogP contribution in [0.25, 0.3) is 0 Å². The molecular formula is C19H20ClNO3. The number of ether oxygens (including phenoxy) is 2. The number of fused-ring (bicyclic) bond motifs is 1. The van der Waals surface area contributed by atoms with Crippen molar-refractivity contribution in [1.82, 2.24) is 5.32 Å². The van der Waals surface area contributed by atoms with Crippen LogP contribution < -0.4 is 14.8 Å². The number of carbonyl (C=O) groups is 1. The van der Waals surface area contributed by atoms with Crippen LogP contribution in [0.1, 0.15) is 27.9 Å². The molecule has 24 heavy (non-hydrogen) atoms. The molecular weight excluding hydrogens is 326 g/mol. The average molecular weight is 346 g/mol. The molecule has 3 rings (SSSR count). The van der Waals surface area contributed by atoms with Crippen LogP contribution in [-0.4, -0.2) is 26.2 Å². The third-order valence-corrected chi connectivity index (χ3v) is 4.30. The van der Waals surface area contributed by atoms with E-state index in [2.05, 4.69) is 5.32 Å². The van der Waals surface area contributed by atoms with Crippen LogP contribution in [0.4, 0.5) is 0 Å². The zero-order chi connectivity index (χ0) is 16.9. The van der Waals surface area contributed by atoms with Crippen LogP contribution >= 0.6 is 11.6 Å². The molecule has 0 atom stereocenters. The number of aryl methyl sites for hydroxylation is 1. The number of nitrogens with one attached hydrogen (secondary N) is 1. The van der Waals surface area contributed by atoms with Gasteiger partial charge in [-0.1, -0.05) is 23.7 Å². The molecule has 1 amide bonds. The van der Waals surface area contributed by atoms with Crippen molar-refractivity contribution in [2.24, 2.45) is 0 Å². The van der Waals surface area contributed by atoms with Gasteiger partial charge in [0.1, 0.15) is 11.5 Å². The molecule has 5 heteroatoms. The molecule has 0 spiro atoms. The third kappa shape index (κ3) is 3.82. The van der Waals surface area contributed by atoms with Crippen LogP contribution in [0.5, 0.6) is 11.5 Å². The van der Waals surface area contributed by atoms with Gasteiger partial charge in [-0.05, 0) is 48.2 Å². The molecule has 0 fully saturated rings. The van der Waals surface area contributed by atoms with Gasteiger partial charge in [-0.3, -0.25) is 4.79 Å². The van der Waals surface area contributed by atoms with Gasteiger partial charge in [0, 0.05) is 18.0 Å². The maximum atomic E-state index is 12.4. The molecule has 0 saturated heterocycles. The second-order valence-electron chi connectivity index (χ2n) is 5.75. The van der Waals surface area contributed by atoms with Crippen LogP contribution in [0.3, 0.4) is 0 Å². The van der Waals surface area contributed by atoms with Gasteiger partial charge in [-0.25, -0.2) is 0 Å². The Bertz CT molecular complexity index is 728. The van der Waals surface area contributed by atoms with Gasteiger partial charge in [0.2, 0.25) is 0 Å². The van der Waals surface area contributed by atoms with Crippen molar-refractivity contribution in [3.05, 3.63) is 58.1 Å². The molecule has 0 aromatic heterocycles. The summed E-state index contributed by atoms with van der Waals surface area (Å²) in [4.78, 5) is 12.4. The molecule has 1 aliphatic rings. The van der Waals surface area contributed by atoms with Gasteiger partial charge in [0.05, 0.1) is 19.3 Å². The first kappa shape index (κ1) is 16.7. The Balaban J connectivity index is 1.53. The lowest BCUT2D eigenvalue weighted by Gasteiger charge is -2.10. The first-order valence-corrected chi connectivity index (χ1v) is 8.41. The van der Waals surface area contributed by atoms with Crippen molar-refractivity contribution >= 4 is 17.5 Å². The molecule has 0 saturated carbocycles. The summed E-state index contributed by atoms with van der Waals surface area (Å²) >= 11 is 6.09. The summed E-state index contributed by atoms with van der Waals surface area (Å²) in [6, 6.07) is 11.5. The lowest BCUT2D eigenvalue weighted by Crippen LogP contribution is -2.25. The number of carbonyl (C=O) groups excluding carboxylic acids is 1. The highest BCUT2D eigenvalue weighted by molar-refractivity contribution is 6.31. The molecule has 0 radical (unpaired) electrons. The van der Waals surface area contributed by atoms with E-state index in [1.165, 1.54) is 5.56 Å². The smallest absolute Gasteiger partial charge is 0.255 e. The predicted octanol–water partition coefficient (Wildman–Crippen LogP) is 3.65. The second-order valence-corrected chi connectivity index (χ2v) is 6.18. The van der Waals surface area contributed by atoms with Crippen molar-refractivity contribution in [2.45, 2.75) is 19.3 Å². The largest absolute Gasteiger partial charge is 0.497 e. The van der Waals surface area contributed by atoms with Crippen molar-refractivity contribution < 1.29 is 14.3 Å². The number of hydrogen-bond donors (Lipinski definition) is 1. The number of rotatable bonds is 6. The maximum absolute atomic E-state index is 12.4. The molecule has 2 aromatic carbocycles. The minimum atomic E-state index is -0.134. The Labute approximate surface area is 146 Å². The summed E-state index contributed by atoms with van der Waals surface area (Å²) in [5, 5.41) is 3.52. The summed E-state index contributed by atoms with van der Waals surface area (Å²) in [7, 11) is 1.65. The Morgan fingerprint density at radius 3 is 2.83 bits per heavy atom. The van der Waals surface area contributed by atoms with E-state index in [-0.39, 0.29) is 5.91 Å². The Hall–Kier alpha value is -2.20. The minimum absolute atomic E-state index is 0.134. The van der Waals surface area contributed by atoms with E-state index < -0.39 is 0 Å². The Kier molecular flexibility index (Phi) is 5.26. The zero-order valence-electron chi connectivity index (χ0n) is 13.6. The SMILES string of the molecule is COc1ccc(CCCNC(=O)c2cc(Cl)cc3c2OCC3)cc1. The topological polar surface area (TPSA) is 47.6 Å². The Morgan fingerprint density at radius 1 is 1.29 bits per heavy atom. The van der Waals surface area contributed by atoms with E-state index in [1.807, 2.05) is 30.3 Å². The number of halogens is 1. The molecule has 1 N–H and O–H groups in total. The molecule has 2 aromatic rings. The number of hydrogen-bond acceptors (Lipinski definition) is 3. The highest BCUT2D eigenvalue weighted by Gasteiger charge is 2.21.